The van der Waals surface area contributed by atoms with Crippen molar-refractivity contribution in [3.8, 4) is 5.75 Å². The van der Waals surface area contributed by atoms with E-state index in [9.17, 15) is 9.59 Å². The molecule has 0 N–H and O–H groups in total. The van der Waals surface area contributed by atoms with Crippen molar-refractivity contribution in [2.24, 2.45) is 0 Å². The molecule has 0 saturated heterocycles. The molecule has 0 aliphatic rings. The average Bonchev–Trinajstić information content (AvgIpc) is 2.35. The standard InChI is InChI=1S/C16H18O4/c1-8-6-13(19-12(5)11(4)17)15-9(2)10(3)16(18)20-14(15)7-8/h6-7,12H,1-5H3/t12-/m1/s1. The van der Waals surface area contributed by atoms with Gasteiger partial charge < -0.3 is 9.15 Å². The Morgan fingerprint density at radius 2 is 1.85 bits per heavy atom. The van der Waals surface area contributed by atoms with Crippen molar-refractivity contribution in [2.45, 2.75) is 40.7 Å². The smallest absolute Gasteiger partial charge is 0.339 e. The molecule has 0 unspecified atom stereocenters. The van der Waals surface area contributed by atoms with Crippen molar-refractivity contribution in [1.29, 1.82) is 0 Å². The van der Waals surface area contributed by atoms with Crippen molar-refractivity contribution in [3.05, 3.63) is 39.2 Å². The lowest BCUT2D eigenvalue weighted by molar-refractivity contribution is -0.122. The summed E-state index contributed by atoms with van der Waals surface area (Å²) in [4.78, 5) is 23.1. The lowest BCUT2D eigenvalue weighted by Crippen LogP contribution is -2.21. The number of benzene rings is 1. The number of Topliss-reactive ketones (excluding diaryl/α,β-unsaturated/α-hetero) is 1. The van der Waals surface area contributed by atoms with Crippen molar-refractivity contribution in [3.63, 3.8) is 0 Å². The minimum atomic E-state index is -0.536. The van der Waals surface area contributed by atoms with Gasteiger partial charge in [0.05, 0.1) is 5.39 Å². The highest BCUT2D eigenvalue weighted by atomic mass is 16.5. The van der Waals surface area contributed by atoms with Gasteiger partial charge in [0.15, 0.2) is 11.9 Å². The van der Waals surface area contributed by atoms with Crippen LogP contribution >= 0.6 is 0 Å². The molecular formula is C16H18O4. The summed E-state index contributed by atoms with van der Waals surface area (Å²) in [6.07, 6.45) is -0.536. The second kappa shape index (κ2) is 5.12. The summed E-state index contributed by atoms with van der Waals surface area (Å²) in [5, 5.41) is 0.751. The molecule has 0 saturated carbocycles. The molecule has 0 aliphatic carbocycles. The van der Waals surface area contributed by atoms with E-state index in [1.54, 1.807) is 19.9 Å². The fourth-order valence-electron chi connectivity index (χ4n) is 2.05. The van der Waals surface area contributed by atoms with Crippen LogP contribution in [0.15, 0.2) is 21.3 Å². The third kappa shape index (κ3) is 2.46. The van der Waals surface area contributed by atoms with Crippen molar-refractivity contribution >= 4 is 16.8 Å². The number of ether oxygens (including phenoxy) is 1. The number of ketones is 1. The van der Waals surface area contributed by atoms with Gasteiger partial charge in [0, 0.05) is 5.56 Å². The summed E-state index contributed by atoms with van der Waals surface area (Å²) in [5.41, 5.74) is 2.44. The highest BCUT2D eigenvalue weighted by Gasteiger charge is 2.16. The van der Waals surface area contributed by atoms with Gasteiger partial charge in [-0.05, 0) is 57.9 Å². The molecule has 2 aromatic rings. The highest BCUT2D eigenvalue weighted by molar-refractivity contribution is 5.89. The number of fused-ring (bicyclic) bond motifs is 1. The number of carbonyl (C=O) groups excluding carboxylic acids is 1. The first kappa shape index (κ1) is 14.3. The summed E-state index contributed by atoms with van der Waals surface area (Å²) in [6, 6.07) is 3.66. The Hall–Kier alpha value is -2.10. The van der Waals surface area contributed by atoms with E-state index in [-0.39, 0.29) is 11.4 Å². The molecule has 1 heterocycles. The molecule has 1 aromatic heterocycles. The van der Waals surface area contributed by atoms with Crippen LogP contribution in [-0.2, 0) is 4.79 Å². The van der Waals surface area contributed by atoms with Crippen LogP contribution in [0, 0.1) is 20.8 Å². The van der Waals surface area contributed by atoms with E-state index >= 15 is 0 Å². The van der Waals surface area contributed by atoms with Crippen LogP contribution in [0.4, 0.5) is 0 Å². The molecule has 0 amide bonds. The maximum Gasteiger partial charge on any atom is 0.339 e. The normalized spacial score (nSPS) is 12.4. The molecule has 4 nitrogen and oxygen atoms in total. The van der Waals surface area contributed by atoms with Gasteiger partial charge in [-0.15, -0.1) is 0 Å². The van der Waals surface area contributed by atoms with Gasteiger partial charge in [0.2, 0.25) is 0 Å². The predicted octanol–water partition coefficient (Wildman–Crippen LogP) is 3.07. The van der Waals surface area contributed by atoms with E-state index < -0.39 is 6.10 Å². The van der Waals surface area contributed by atoms with E-state index in [0.29, 0.717) is 16.9 Å². The van der Waals surface area contributed by atoms with E-state index in [1.807, 2.05) is 19.9 Å². The molecule has 0 spiro atoms. The van der Waals surface area contributed by atoms with Gasteiger partial charge in [0.1, 0.15) is 11.3 Å². The first-order valence-electron chi connectivity index (χ1n) is 6.53. The van der Waals surface area contributed by atoms with E-state index in [2.05, 4.69) is 0 Å². The number of carbonyl (C=O) groups is 1. The van der Waals surface area contributed by atoms with E-state index in [0.717, 1.165) is 16.5 Å². The summed E-state index contributed by atoms with van der Waals surface area (Å²) < 4.78 is 11.1. The Labute approximate surface area is 117 Å². The van der Waals surface area contributed by atoms with Crippen LogP contribution in [0.2, 0.25) is 0 Å². The maximum atomic E-state index is 11.7. The van der Waals surface area contributed by atoms with Crippen LogP contribution in [0.25, 0.3) is 11.0 Å². The minimum absolute atomic E-state index is 0.0496. The number of hydrogen-bond acceptors (Lipinski definition) is 4. The van der Waals surface area contributed by atoms with E-state index in [4.69, 9.17) is 9.15 Å². The van der Waals surface area contributed by atoms with Crippen LogP contribution < -0.4 is 10.4 Å². The molecule has 0 fully saturated rings. The predicted molar refractivity (Wildman–Crippen MR) is 77.5 cm³/mol. The Morgan fingerprint density at radius 1 is 1.20 bits per heavy atom. The highest BCUT2D eigenvalue weighted by Crippen LogP contribution is 2.31. The Morgan fingerprint density at radius 3 is 2.45 bits per heavy atom. The second-order valence-electron chi connectivity index (χ2n) is 5.15. The van der Waals surface area contributed by atoms with Crippen molar-refractivity contribution in [1.82, 2.24) is 0 Å². The van der Waals surface area contributed by atoms with Crippen molar-refractivity contribution < 1.29 is 13.9 Å². The molecule has 20 heavy (non-hydrogen) atoms. The van der Waals surface area contributed by atoms with Gasteiger partial charge in [-0.25, -0.2) is 4.79 Å². The second-order valence-corrected chi connectivity index (χ2v) is 5.15. The number of rotatable bonds is 3. The Kier molecular flexibility index (Phi) is 3.66. The monoisotopic (exact) mass is 274 g/mol. The average molecular weight is 274 g/mol. The SMILES string of the molecule is CC(=O)[C@@H](C)Oc1cc(C)cc2oc(=O)c(C)c(C)c12. The molecule has 0 bridgehead atoms. The molecular weight excluding hydrogens is 256 g/mol. The van der Waals surface area contributed by atoms with Gasteiger partial charge in [-0.1, -0.05) is 0 Å². The minimum Gasteiger partial charge on any atom is -0.482 e. The Balaban J connectivity index is 2.73. The molecule has 2 rings (SSSR count). The molecule has 1 atom stereocenters. The third-order valence-corrected chi connectivity index (χ3v) is 3.53. The molecule has 0 radical (unpaired) electrons. The fraction of sp³-hybridized carbons (Fsp3) is 0.375. The largest absolute Gasteiger partial charge is 0.482 e. The first-order valence-corrected chi connectivity index (χ1v) is 6.53. The van der Waals surface area contributed by atoms with Crippen LogP contribution in [-0.4, -0.2) is 11.9 Å². The van der Waals surface area contributed by atoms with Crippen molar-refractivity contribution in [2.75, 3.05) is 0 Å². The Bertz CT molecular complexity index is 740. The van der Waals surface area contributed by atoms with Gasteiger partial charge >= 0.3 is 5.63 Å². The zero-order chi connectivity index (χ0) is 15.0. The summed E-state index contributed by atoms with van der Waals surface area (Å²) in [5.74, 6) is 0.526. The zero-order valence-corrected chi connectivity index (χ0v) is 12.4. The zero-order valence-electron chi connectivity index (χ0n) is 12.4. The lowest BCUT2D eigenvalue weighted by atomic mass is 10.0. The van der Waals surface area contributed by atoms with Crippen LogP contribution in [0.5, 0.6) is 5.75 Å². The first-order chi connectivity index (χ1) is 9.31. The fourth-order valence-corrected chi connectivity index (χ4v) is 2.05. The topological polar surface area (TPSA) is 56.5 Å². The van der Waals surface area contributed by atoms with Gasteiger partial charge in [-0.2, -0.15) is 0 Å². The van der Waals surface area contributed by atoms with Gasteiger partial charge in [0.25, 0.3) is 0 Å². The number of hydrogen-bond donors (Lipinski definition) is 0. The maximum absolute atomic E-state index is 11.7. The summed E-state index contributed by atoms with van der Waals surface area (Å²) >= 11 is 0. The lowest BCUT2D eigenvalue weighted by Gasteiger charge is -2.16. The third-order valence-electron chi connectivity index (χ3n) is 3.53. The molecule has 106 valence electrons. The quantitative estimate of drug-likeness (QED) is 0.807. The van der Waals surface area contributed by atoms with Crippen LogP contribution in [0.1, 0.15) is 30.5 Å². The van der Waals surface area contributed by atoms with E-state index in [1.165, 1.54) is 6.92 Å². The van der Waals surface area contributed by atoms with Gasteiger partial charge in [-0.3, -0.25) is 4.79 Å². The summed E-state index contributed by atoms with van der Waals surface area (Å²) in [6.45, 7) is 8.66. The molecule has 1 aromatic carbocycles. The molecule has 0 aliphatic heterocycles. The van der Waals surface area contributed by atoms with Crippen LogP contribution in [0.3, 0.4) is 0 Å². The molecule has 4 heteroatoms. The number of aryl methyl sites for hydroxylation is 2. The summed E-state index contributed by atoms with van der Waals surface area (Å²) in [7, 11) is 0.